The molecule has 10 nitrogen and oxygen atoms in total. The maximum Gasteiger partial charge on any atom is 0.313 e. The fraction of sp³-hybridized carbons (Fsp3) is 0.474. The molecule has 3 fully saturated rings. The zero-order chi connectivity index (χ0) is 35.8. The Hall–Kier alpha value is -3.51. The highest BCUT2D eigenvalue weighted by Crippen LogP contribution is 2.60. The van der Waals surface area contributed by atoms with Crippen LogP contribution in [0.3, 0.4) is 0 Å². The van der Waals surface area contributed by atoms with Gasteiger partial charge in [0.2, 0.25) is 11.8 Å². The van der Waals surface area contributed by atoms with Gasteiger partial charge in [-0.25, -0.2) is 0 Å². The average Bonchev–Trinajstić information content (AvgIpc) is 3.71. The van der Waals surface area contributed by atoms with Crippen molar-refractivity contribution in [3.63, 3.8) is 0 Å². The molecule has 0 saturated carbocycles. The number of carbonyl (C=O) groups excluding carboxylic acids is 4. The number of ether oxygens (including phenoxy) is 2. The van der Waals surface area contributed by atoms with Crippen LogP contribution in [0.1, 0.15) is 56.6 Å². The van der Waals surface area contributed by atoms with Crippen molar-refractivity contribution in [2.24, 2.45) is 11.8 Å². The third-order valence-corrected chi connectivity index (χ3v) is 10.9. The van der Waals surface area contributed by atoms with Gasteiger partial charge in [-0.3, -0.25) is 19.2 Å². The fourth-order valence-electron chi connectivity index (χ4n) is 7.53. The fourth-order valence-corrected chi connectivity index (χ4v) is 8.60. The number of aliphatic hydroxyl groups excluding tert-OH is 1. The lowest BCUT2D eigenvalue weighted by atomic mass is 9.70. The van der Waals surface area contributed by atoms with Crippen LogP contribution in [0.2, 0.25) is 5.02 Å². The Morgan fingerprint density at radius 2 is 1.82 bits per heavy atom. The molecule has 7 atom stereocenters. The normalized spacial score (nSPS) is 25.5. The first kappa shape index (κ1) is 37.7. The molecule has 2 aromatic carbocycles. The minimum absolute atomic E-state index is 0.0458. The van der Waals surface area contributed by atoms with Crippen LogP contribution in [0.4, 0.5) is 5.69 Å². The Balaban J connectivity index is 1.47. The number of hydrogen-bond donors (Lipinski definition) is 2. The highest BCUT2D eigenvalue weighted by Gasteiger charge is 2.77. The Labute approximate surface area is 306 Å². The van der Waals surface area contributed by atoms with E-state index >= 15 is 0 Å². The minimum Gasteiger partial charge on any atom is -0.455 e. The van der Waals surface area contributed by atoms with Gasteiger partial charge in [-0.2, -0.15) is 0 Å². The molecule has 12 heteroatoms. The van der Waals surface area contributed by atoms with Crippen molar-refractivity contribution in [1.82, 2.24) is 10.2 Å². The number of halogens is 2. The van der Waals surface area contributed by atoms with Crippen LogP contribution in [0.15, 0.2) is 79.9 Å². The molecular formula is C38H45BrClN3O7. The van der Waals surface area contributed by atoms with Crippen LogP contribution >= 0.6 is 27.5 Å². The number of unbranched alkanes of at least 4 members (excludes halogenated alkanes) is 3. The summed E-state index contributed by atoms with van der Waals surface area (Å²) < 4.78 is 12.9. The number of esters is 1. The molecule has 0 aromatic heterocycles. The molecule has 1 unspecified atom stereocenters. The highest BCUT2D eigenvalue weighted by molar-refractivity contribution is 9.09. The maximum absolute atomic E-state index is 14.8. The number of amides is 3. The van der Waals surface area contributed by atoms with Crippen molar-refractivity contribution in [1.29, 1.82) is 0 Å². The lowest BCUT2D eigenvalue weighted by Crippen LogP contribution is -2.57. The van der Waals surface area contributed by atoms with Gasteiger partial charge >= 0.3 is 5.97 Å². The SMILES string of the molecule is C=CCCC(=O)NC[C@@H](OC(=O)[C@@H]1[C@H]2O[C@@]3(CC2Br)[C@H](C(=O)N(CC=C)c2ccc(Cl)cc2)N(CCCCCCO)C(=O)[C@@H]13)c1ccccc1. The van der Waals surface area contributed by atoms with E-state index in [1.165, 1.54) is 0 Å². The molecule has 0 aliphatic carbocycles. The molecule has 1 spiro atoms. The first-order chi connectivity index (χ1) is 24.2. The van der Waals surface area contributed by atoms with Gasteiger partial charge in [0.25, 0.3) is 5.91 Å². The summed E-state index contributed by atoms with van der Waals surface area (Å²) in [7, 11) is 0. The molecular weight excluding hydrogens is 726 g/mol. The number of carbonyl (C=O) groups is 4. The largest absolute Gasteiger partial charge is 0.455 e. The van der Waals surface area contributed by atoms with Crippen LogP contribution < -0.4 is 10.2 Å². The lowest BCUT2D eigenvalue weighted by Gasteiger charge is -2.37. The number of hydrogen-bond acceptors (Lipinski definition) is 7. The van der Waals surface area contributed by atoms with E-state index in [4.69, 9.17) is 21.1 Å². The first-order valence-corrected chi connectivity index (χ1v) is 18.5. The molecule has 0 radical (unpaired) electrons. The van der Waals surface area contributed by atoms with Gasteiger partial charge in [-0.1, -0.05) is 82.9 Å². The average molecular weight is 771 g/mol. The minimum atomic E-state index is -1.28. The molecule has 2 N–H and O–H groups in total. The van der Waals surface area contributed by atoms with E-state index in [1.807, 2.05) is 30.3 Å². The van der Waals surface area contributed by atoms with Gasteiger partial charge in [0.15, 0.2) is 0 Å². The topological polar surface area (TPSA) is 125 Å². The van der Waals surface area contributed by atoms with Crippen molar-refractivity contribution in [3.05, 3.63) is 90.5 Å². The van der Waals surface area contributed by atoms with E-state index in [-0.39, 0.29) is 55.2 Å². The van der Waals surface area contributed by atoms with E-state index in [2.05, 4.69) is 34.4 Å². The van der Waals surface area contributed by atoms with Gasteiger partial charge in [0, 0.05) is 41.7 Å². The van der Waals surface area contributed by atoms with Crippen LogP contribution in [-0.2, 0) is 28.7 Å². The molecule has 3 saturated heterocycles. The standard InChI is InChI=1S/C38H45BrClN3O7/c1-3-5-15-30(45)41-24-29(25-13-9-8-10-14-25)49-37(48)31-32-35(46)43(21-11-6-7-12-22-44)34(38(32)23-28(39)33(31)50-38)36(47)42(20-4-2)27-18-16-26(40)17-19-27/h3-4,8-10,13-14,16-19,28-29,31-34,44H,1-2,5-7,11-12,15,20-24H2,(H,41,45)/t28?,29-,31+,32-,33+,34+,38-/m1/s1. The predicted octanol–water partition coefficient (Wildman–Crippen LogP) is 5.53. The highest BCUT2D eigenvalue weighted by atomic mass is 79.9. The third-order valence-electron chi connectivity index (χ3n) is 9.81. The molecule has 2 aromatic rings. The second kappa shape index (κ2) is 17.1. The number of benzene rings is 2. The molecule has 3 amide bonds. The Morgan fingerprint density at radius 3 is 2.50 bits per heavy atom. The molecule has 5 rings (SSSR count). The zero-order valence-corrected chi connectivity index (χ0v) is 30.4. The van der Waals surface area contributed by atoms with Crippen molar-refractivity contribution < 1.29 is 33.8 Å². The summed E-state index contributed by atoms with van der Waals surface area (Å²) >= 11 is 9.90. The van der Waals surface area contributed by atoms with E-state index in [0.29, 0.717) is 42.0 Å². The number of aliphatic hydroxyl groups is 1. The first-order valence-electron chi connectivity index (χ1n) is 17.2. The summed E-state index contributed by atoms with van der Waals surface area (Å²) in [6.07, 6.45) is 5.67. The number of nitrogens with one attached hydrogen (secondary N) is 1. The summed E-state index contributed by atoms with van der Waals surface area (Å²) in [5, 5.41) is 12.6. The second-order valence-corrected chi connectivity index (χ2v) is 14.6. The van der Waals surface area contributed by atoms with Crippen LogP contribution in [-0.4, -0.2) is 82.5 Å². The van der Waals surface area contributed by atoms with Crippen LogP contribution in [0.25, 0.3) is 0 Å². The molecule has 3 aliphatic heterocycles. The summed E-state index contributed by atoms with van der Waals surface area (Å²) in [5.74, 6) is -3.41. The van der Waals surface area contributed by atoms with Crippen LogP contribution in [0, 0.1) is 11.8 Å². The van der Waals surface area contributed by atoms with Gasteiger partial charge in [-0.15, -0.1) is 13.2 Å². The summed E-state index contributed by atoms with van der Waals surface area (Å²) in [5.41, 5.74) is 0.000951. The number of allylic oxidation sites excluding steroid dienone is 1. The second-order valence-electron chi connectivity index (χ2n) is 13.0. The Morgan fingerprint density at radius 1 is 1.10 bits per heavy atom. The van der Waals surface area contributed by atoms with Gasteiger partial charge in [0.1, 0.15) is 17.7 Å². The molecule has 2 bridgehead atoms. The number of anilines is 1. The van der Waals surface area contributed by atoms with Crippen molar-refractivity contribution in [2.75, 3.05) is 31.1 Å². The smallest absolute Gasteiger partial charge is 0.313 e. The van der Waals surface area contributed by atoms with Gasteiger partial charge in [0.05, 0.1) is 24.5 Å². The van der Waals surface area contributed by atoms with E-state index in [1.54, 1.807) is 46.2 Å². The number of alkyl halides is 1. The molecule has 3 aliphatic rings. The summed E-state index contributed by atoms with van der Waals surface area (Å²) in [6.45, 7) is 8.13. The predicted molar refractivity (Wildman–Crippen MR) is 195 cm³/mol. The molecule has 3 heterocycles. The quantitative estimate of drug-likeness (QED) is 0.0885. The Kier molecular flexibility index (Phi) is 12.9. The zero-order valence-electron chi connectivity index (χ0n) is 28.1. The number of nitrogens with zero attached hydrogens (tertiary/aromatic N) is 2. The number of rotatable bonds is 18. The molecule has 268 valence electrons. The van der Waals surface area contributed by atoms with E-state index in [0.717, 1.165) is 12.8 Å². The monoisotopic (exact) mass is 769 g/mol. The van der Waals surface area contributed by atoms with Gasteiger partial charge < -0.3 is 29.7 Å². The Bertz CT molecular complexity index is 1540. The third kappa shape index (κ3) is 7.86. The van der Waals surface area contributed by atoms with Crippen LogP contribution in [0.5, 0.6) is 0 Å². The summed E-state index contributed by atoms with van der Waals surface area (Å²) in [4.78, 5) is 59.0. The van der Waals surface area contributed by atoms with Gasteiger partial charge in [-0.05, 0) is 55.5 Å². The maximum atomic E-state index is 14.8. The number of fused-ring (bicyclic) bond motifs is 1. The summed E-state index contributed by atoms with van der Waals surface area (Å²) in [6, 6.07) is 15.0. The van der Waals surface area contributed by atoms with Crippen molar-refractivity contribution in [3.8, 4) is 0 Å². The lowest BCUT2D eigenvalue weighted by molar-refractivity contribution is -0.160. The van der Waals surface area contributed by atoms with Crippen molar-refractivity contribution in [2.45, 2.75) is 73.6 Å². The number of likely N-dealkylation sites (tertiary alicyclic amines) is 1. The van der Waals surface area contributed by atoms with E-state index in [9.17, 15) is 24.3 Å². The van der Waals surface area contributed by atoms with Crippen molar-refractivity contribution >= 4 is 56.9 Å². The molecule has 50 heavy (non-hydrogen) atoms. The van der Waals surface area contributed by atoms with E-state index < -0.39 is 41.7 Å².